The average Bonchev–Trinajstić information content (AvgIpc) is 2.69. The van der Waals surface area contributed by atoms with Crippen LogP contribution in [0.3, 0.4) is 0 Å². The lowest BCUT2D eigenvalue weighted by Gasteiger charge is -2.39. The van der Waals surface area contributed by atoms with Crippen molar-refractivity contribution in [3.8, 4) is 0 Å². The minimum absolute atomic E-state index is 0.269. The van der Waals surface area contributed by atoms with Gasteiger partial charge in [0, 0.05) is 39.3 Å². The van der Waals surface area contributed by atoms with Crippen LogP contribution in [-0.2, 0) is 20.2 Å². The molecule has 0 aromatic rings. The number of hydrogen-bond donors (Lipinski definition) is 8. The van der Waals surface area contributed by atoms with Crippen LogP contribution in [0, 0.1) is 0 Å². The molecule has 30 heavy (non-hydrogen) atoms. The highest BCUT2D eigenvalue weighted by Crippen LogP contribution is 2.18. The Morgan fingerprint density at radius 2 is 1.00 bits per heavy atom. The van der Waals surface area contributed by atoms with Crippen LogP contribution in [0.4, 0.5) is 0 Å². The van der Waals surface area contributed by atoms with Gasteiger partial charge in [0.1, 0.15) is 5.60 Å². The standard InChI is InChI=1S/C8H18N2O6S2.C6H15NO5/c11-17(12,13)7-5-9-1-2-10(4-3-9)6-8-18(14,15)16;7-5(1-8,2-9)6(12,3-10)4-11/h1-8H2,(H,11,12,13)(H,14,15,16);8-12H,1-4,7H2. The second-order valence-corrected chi connectivity index (χ2v) is 10.2. The lowest BCUT2D eigenvalue weighted by molar-refractivity contribution is -0.133. The SMILES string of the molecule is NC(CO)(CO)C(O)(CO)CO.O=S(=O)(O)CCN1CCN(CCS(=O)(=O)O)CC1. The maximum absolute atomic E-state index is 10.6. The summed E-state index contributed by atoms with van der Waals surface area (Å²) in [6, 6.07) is 0. The monoisotopic (exact) mass is 483 g/mol. The minimum atomic E-state index is -3.93. The second kappa shape index (κ2) is 12.5. The zero-order valence-electron chi connectivity index (χ0n) is 16.5. The summed E-state index contributed by atoms with van der Waals surface area (Å²) in [6.07, 6.45) is 0. The number of hydrogen-bond acceptors (Lipinski definition) is 12. The third-order valence-electron chi connectivity index (χ3n) is 4.81. The molecule has 182 valence electrons. The molecule has 1 rings (SSSR count). The molecule has 0 aromatic heterocycles. The summed E-state index contributed by atoms with van der Waals surface area (Å²) in [7, 11) is -7.87. The fourth-order valence-electron chi connectivity index (χ4n) is 2.43. The number of nitrogens with zero attached hydrogens (tertiary/aromatic N) is 2. The summed E-state index contributed by atoms with van der Waals surface area (Å²) in [4.78, 5) is 3.77. The van der Waals surface area contributed by atoms with Gasteiger partial charge in [-0.05, 0) is 0 Å². The number of piperazine rings is 1. The summed E-state index contributed by atoms with van der Waals surface area (Å²) >= 11 is 0. The Labute approximate surface area is 176 Å². The normalized spacial score (nSPS) is 17.5. The van der Waals surface area contributed by atoms with Crippen molar-refractivity contribution in [2.75, 3.05) is 77.2 Å². The highest BCUT2D eigenvalue weighted by Gasteiger charge is 2.46. The van der Waals surface area contributed by atoms with Crippen LogP contribution in [-0.4, -0.2) is 150 Å². The zero-order valence-corrected chi connectivity index (χ0v) is 18.2. The Balaban J connectivity index is 0.000000612. The summed E-state index contributed by atoms with van der Waals surface area (Å²) < 4.78 is 59.5. The summed E-state index contributed by atoms with van der Waals surface area (Å²) in [5.74, 6) is -0.587. The fourth-order valence-corrected chi connectivity index (χ4v) is 3.41. The van der Waals surface area contributed by atoms with Gasteiger partial charge >= 0.3 is 0 Å². The van der Waals surface area contributed by atoms with E-state index in [-0.39, 0.29) is 24.6 Å². The topological polar surface area (TPSA) is 242 Å². The van der Waals surface area contributed by atoms with E-state index in [1.54, 1.807) is 0 Å². The molecule has 1 heterocycles. The Hall–Kier alpha value is -0.500. The van der Waals surface area contributed by atoms with Gasteiger partial charge in [0.2, 0.25) is 0 Å². The van der Waals surface area contributed by atoms with Crippen molar-refractivity contribution in [2.24, 2.45) is 5.73 Å². The van der Waals surface area contributed by atoms with E-state index in [1.165, 1.54) is 0 Å². The van der Waals surface area contributed by atoms with Gasteiger partial charge in [-0.15, -0.1) is 0 Å². The molecule has 16 heteroatoms. The Kier molecular flexibility index (Phi) is 12.3. The van der Waals surface area contributed by atoms with E-state index in [9.17, 15) is 21.9 Å². The molecule has 0 bridgehead atoms. The molecular formula is C14H33N3O11S2. The first-order valence-corrected chi connectivity index (χ1v) is 12.2. The lowest BCUT2D eigenvalue weighted by atomic mass is 9.82. The van der Waals surface area contributed by atoms with Crippen LogP contribution >= 0.6 is 0 Å². The van der Waals surface area contributed by atoms with E-state index in [0.29, 0.717) is 26.2 Å². The molecule has 0 aromatic carbocycles. The molecule has 0 amide bonds. The second-order valence-electron chi connectivity index (χ2n) is 7.08. The van der Waals surface area contributed by atoms with Crippen molar-refractivity contribution in [2.45, 2.75) is 11.1 Å². The smallest absolute Gasteiger partial charge is 0.266 e. The van der Waals surface area contributed by atoms with E-state index in [4.69, 9.17) is 35.3 Å². The maximum Gasteiger partial charge on any atom is 0.266 e. The molecule has 0 radical (unpaired) electrons. The molecule has 1 saturated heterocycles. The van der Waals surface area contributed by atoms with Crippen molar-refractivity contribution in [3.05, 3.63) is 0 Å². The first-order valence-electron chi connectivity index (χ1n) is 8.95. The van der Waals surface area contributed by atoms with Gasteiger partial charge in [0.15, 0.2) is 0 Å². The van der Waals surface area contributed by atoms with Gasteiger partial charge in [-0.25, -0.2) is 0 Å². The van der Waals surface area contributed by atoms with Crippen LogP contribution in [0.1, 0.15) is 0 Å². The first-order chi connectivity index (χ1) is 13.6. The van der Waals surface area contributed by atoms with E-state index in [0.717, 1.165) is 0 Å². The number of aliphatic hydroxyl groups excluding tert-OH is 4. The summed E-state index contributed by atoms with van der Waals surface area (Å²) in [6.45, 7) is -0.148. The van der Waals surface area contributed by atoms with Crippen molar-refractivity contribution in [1.29, 1.82) is 0 Å². The first kappa shape index (κ1) is 29.5. The highest BCUT2D eigenvalue weighted by atomic mass is 32.2. The Morgan fingerprint density at radius 1 is 0.700 bits per heavy atom. The quantitative estimate of drug-likeness (QED) is 0.128. The van der Waals surface area contributed by atoms with Gasteiger partial charge in [-0.3, -0.25) is 18.9 Å². The molecule has 0 spiro atoms. The van der Waals surface area contributed by atoms with Crippen molar-refractivity contribution in [1.82, 2.24) is 9.80 Å². The maximum atomic E-state index is 10.6. The van der Waals surface area contributed by atoms with Gasteiger partial charge in [-0.2, -0.15) is 16.8 Å². The molecule has 1 aliphatic rings. The summed E-state index contributed by atoms with van der Waals surface area (Å²) in [5, 5.41) is 44.2. The largest absolute Gasteiger partial charge is 0.394 e. The number of aliphatic hydroxyl groups is 5. The predicted molar refractivity (Wildman–Crippen MR) is 106 cm³/mol. The Bertz CT molecular complexity index is 626. The fraction of sp³-hybridized carbons (Fsp3) is 1.00. The van der Waals surface area contributed by atoms with Gasteiger partial charge in [-0.1, -0.05) is 0 Å². The molecule has 0 aliphatic carbocycles. The molecule has 0 atom stereocenters. The highest BCUT2D eigenvalue weighted by molar-refractivity contribution is 7.86. The molecular weight excluding hydrogens is 450 g/mol. The molecule has 0 saturated carbocycles. The van der Waals surface area contributed by atoms with Crippen LogP contribution in [0.25, 0.3) is 0 Å². The third kappa shape index (κ3) is 10.7. The zero-order chi connectivity index (χ0) is 23.6. The molecule has 1 fully saturated rings. The van der Waals surface area contributed by atoms with Crippen LogP contribution in [0.2, 0.25) is 0 Å². The summed E-state index contributed by atoms with van der Waals surface area (Å²) in [5.41, 5.74) is 1.46. The van der Waals surface area contributed by atoms with E-state index in [1.807, 2.05) is 9.80 Å². The number of rotatable bonds is 11. The van der Waals surface area contributed by atoms with Gasteiger partial charge in [0.25, 0.3) is 20.2 Å². The Morgan fingerprint density at radius 3 is 1.17 bits per heavy atom. The molecule has 9 N–H and O–H groups in total. The molecule has 1 aliphatic heterocycles. The van der Waals surface area contributed by atoms with Gasteiger partial charge in [0.05, 0.1) is 43.5 Å². The minimum Gasteiger partial charge on any atom is -0.394 e. The van der Waals surface area contributed by atoms with Crippen LogP contribution < -0.4 is 5.73 Å². The van der Waals surface area contributed by atoms with Crippen LogP contribution in [0.5, 0.6) is 0 Å². The molecule has 0 unspecified atom stereocenters. The number of nitrogens with two attached hydrogens (primary N) is 1. The molecule has 14 nitrogen and oxygen atoms in total. The van der Waals surface area contributed by atoms with Crippen LogP contribution in [0.15, 0.2) is 0 Å². The third-order valence-corrected chi connectivity index (χ3v) is 6.21. The van der Waals surface area contributed by atoms with Crippen molar-refractivity contribution >= 4 is 20.2 Å². The predicted octanol–water partition coefficient (Wildman–Crippen LogP) is -5.24. The van der Waals surface area contributed by atoms with Crippen molar-refractivity contribution < 1.29 is 51.5 Å². The average molecular weight is 484 g/mol. The van der Waals surface area contributed by atoms with E-state index in [2.05, 4.69) is 0 Å². The van der Waals surface area contributed by atoms with E-state index >= 15 is 0 Å². The van der Waals surface area contributed by atoms with Gasteiger partial charge < -0.3 is 31.3 Å². The van der Waals surface area contributed by atoms with E-state index < -0.39 is 57.8 Å². The lowest BCUT2D eigenvalue weighted by Crippen LogP contribution is -2.68. The van der Waals surface area contributed by atoms with Crippen molar-refractivity contribution in [3.63, 3.8) is 0 Å².